The maximum atomic E-state index is 7.55. The molecule has 0 saturated carbocycles. The molecule has 1 N–H and O–H groups in total. The first-order chi connectivity index (χ1) is 1.73. The first-order valence-corrected chi connectivity index (χ1v) is 2.79. The molecule has 0 heterocycles. The van der Waals surface area contributed by atoms with Crippen LogP contribution in [0, 0.1) is 0 Å². The van der Waals surface area contributed by atoms with Crippen LogP contribution in [0.3, 0.4) is 0 Å². The van der Waals surface area contributed by atoms with Gasteiger partial charge in [-0.25, -0.2) is 0 Å². The monoisotopic (exact) mass is 197 g/mol. The average Bonchev–Trinajstić information content (AvgIpc) is 0.811. The van der Waals surface area contributed by atoms with Crippen molar-refractivity contribution >= 4 is 18.5 Å². The van der Waals surface area contributed by atoms with Crippen molar-refractivity contribution in [3.05, 3.63) is 10.7 Å². The molecule has 1 unspecified atom stereocenters. The van der Waals surface area contributed by atoms with Crippen LogP contribution in [-0.4, -0.2) is 0 Å². The summed E-state index contributed by atoms with van der Waals surface area (Å²) in [6.45, 7) is 0. The van der Waals surface area contributed by atoms with Gasteiger partial charge in [0, 0.05) is 7.22 Å². The van der Waals surface area contributed by atoms with Crippen LogP contribution >= 0.6 is 18.5 Å². The van der Waals surface area contributed by atoms with Crippen LogP contribution in [0.5, 0.6) is 0 Å². The van der Waals surface area contributed by atoms with Crippen LogP contribution in [-0.2, 0) is 19.5 Å². The van der Waals surface area contributed by atoms with E-state index in [0.717, 1.165) is 0 Å². The van der Waals surface area contributed by atoms with Gasteiger partial charge in [0.25, 0.3) is 0 Å². The second-order valence-electron chi connectivity index (χ2n) is 0.260. The van der Waals surface area contributed by atoms with Crippen molar-refractivity contribution in [3.63, 3.8) is 0 Å². The molecule has 0 bridgehead atoms. The Hall–Kier alpha value is 0.973. The zero-order chi connectivity index (χ0) is 3.58. The fourth-order valence-corrected chi connectivity index (χ4v) is 0. The van der Waals surface area contributed by atoms with E-state index in [1.54, 1.807) is 0 Å². The largest absolute Gasteiger partial charge is 1.00 e. The van der Waals surface area contributed by atoms with Gasteiger partial charge in [-0.3, -0.25) is 0 Å². The Morgan fingerprint density at radius 2 is 1.80 bits per heavy atom. The molecule has 1 atom stereocenters. The van der Waals surface area contributed by atoms with E-state index in [2.05, 4.69) is 11.2 Å². The maximum absolute atomic E-state index is 7.55. The topological polar surface area (TPSA) is 46.1 Å². The van der Waals surface area contributed by atoms with Crippen molar-refractivity contribution in [1.29, 1.82) is 0 Å². The molecule has 0 amide bonds. The van der Waals surface area contributed by atoms with Gasteiger partial charge in [0.2, 0.25) is 0 Å². The predicted octanol–water partition coefficient (Wildman–Crippen LogP) is 2.34. The van der Waals surface area contributed by atoms with E-state index in [9.17, 15) is 0 Å². The van der Waals surface area contributed by atoms with Gasteiger partial charge in [-0.15, -0.1) is 0 Å². The molecule has 1 radical (unpaired) electrons. The molecule has 0 aliphatic heterocycles. The zero-order valence-corrected chi connectivity index (χ0v) is 5.51. The molecule has 0 aromatic rings. The molecule has 5 heteroatoms. The Bertz CT molecular complexity index is 32.6. The van der Waals surface area contributed by atoms with Crippen LogP contribution in [0.2, 0.25) is 0 Å². The number of rotatable bonds is 0. The first-order valence-electron chi connectivity index (χ1n) is 0.593. The second-order valence-corrected chi connectivity index (χ2v) is 1.74. The van der Waals surface area contributed by atoms with E-state index in [0.29, 0.717) is 0 Å². The molecule has 31 valence electrons. The van der Waals surface area contributed by atoms with Crippen LogP contribution < -0.4 is 0 Å². The van der Waals surface area contributed by atoms with Crippen LogP contribution in [0.15, 0.2) is 0 Å². The number of halogens is 1. The van der Waals surface area contributed by atoms with Crippen molar-refractivity contribution in [2.24, 2.45) is 0 Å². The number of nitrogens with zero attached hydrogens (tertiary/aromatic N) is 1. The average molecular weight is 197 g/mol. The van der Waals surface area contributed by atoms with Crippen molar-refractivity contribution < 1.29 is 19.5 Å². The Balaban J connectivity index is 0. The summed E-state index contributed by atoms with van der Waals surface area (Å²) in [5, 5.41) is 7.55. The Morgan fingerprint density at radius 3 is 1.80 bits per heavy atom. The van der Waals surface area contributed by atoms with Crippen LogP contribution in [0.4, 0.5) is 0 Å². The van der Waals surface area contributed by atoms with Gasteiger partial charge >= 0.3 is 19.5 Å². The number of hydrogen-bond acceptors (Lipinski definition) is 0. The summed E-state index contributed by atoms with van der Waals surface area (Å²) < 4.78 is 0. The fourth-order valence-electron chi connectivity index (χ4n) is 0. The minimum atomic E-state index is -1.90. The molecule has 0 aliphatic carbocycles. The molecule has 0 aromatic carbocycles. The van der Waals surface area contributed by atoms with Crippen LogP contribution in [0.1, 0.15) is 0 Å². The van der Waals surface area contributed by atoms with Crippen molar-refractivity contribution in [2.45, 2.75) is 0 Å². The smallest absolute Gasteiger partial charge is 0.583 e. The molecule has 0 rings (SSSR count). The minimum Gasteiger partial charge on any atom is -0.583 e. The summed E-state index contributed by atoms with van der Waals surface area (Å²) in [4.78, 5) is 0. The molecule has 5 heavy (non-hydrogen) atoms. The number of hydrogen-bond donors (Lipinski definition) is 0. The van der Waals surface area contributed by atoms with E-state index in [1.807, 2.05) is 0 Å². The summed E-state index contributed by atoms with van der Waals surface area (Å²) in [7, 11) is -1.90. The van der Waals surface area contributed by atoms with Gasteiger partial charge < -0.3 is 10.7 Å². The van der Waals surface area contributed by atoms with Crippen molar-refractivity contribution in [1.82, 2.24) is 0 Å². The summed E-state index contributed by atoms with van der Waals surface area (Å²) >= 11 is 4.56. The van der Waals surface area contributed by atoms with E-state index in [4.69, 9.17) is 10.7 Å². The standard InChI is InChI=1S/ClHN2P.Ru/c1-4(2)3;/h2H;/q-1;+1. The molecule has 0 saturated heterocycles. The Labute approximate surface area is 48.9 Å². The molecule has 0 aliphatic rings. The molecular formula is HClN2PRu. The zero-order valence-electron chi connectivity index (χ0n) is 2.13. The molecule has 0 fully saturated rings. The minimum absolute atomic E-state index is 0. The SMILES string of the molecule is [N-]=[P+]([NH-])Cl.[Ru+]. The maximum Gasteiger partial charge on any atom is 1.00 e. The van der Waals surface area contributed by atoms with Crippen molar-refractivity contribution in [2.75, 3.05) is 0 Å². The van der Waals surface area contributed by atoms with Gasteiger partial charge in [-0.2, -0.15) is 0 Å². The summed E-state index contributed by atoms with van der Waals surface area (Å²) in [6, 6.07) is 0. The Kier molecular flexibility index (Phi) is 9.31. The predicted molar refractivity (Wildman–Crippen MR) is 20.5 cm³/mol. The van der Waals surface area contributed by atoms with Gasteiger partial charge in [0.1, 0.15) is 11.2 Å². The quantitative estimate of drug-likeness (QED) is 0.422. The second kappa shape index (κ2) is 4.97. The van der Waals surface area contributed by atoms with Gasteiger partial charge in [-0.1, -0.05) is 0 Å². The fraction of sp³-hybridized carbons (Fsp3) is 0. The van der Waals surface area contributed by atoms with E-state index in [1.165, 1.54) is 0 Å². The van der Waals surface area contributed by atoms with Gasteiger partial charge in [-0.05, 0) is 0 Å². The molecular weight excluding hydrogens is 196 g/mol. The number of nitrogens with one attached hydrogen (secondary N) is 1. The van der Waals surface area contributed by atoms with Crippen LogP contribution in [0.25, 0.3) is 10.7 Å². The van der Waals surface area contributed by atoms with Crippen molar-refractivity contribution in [3.8, 4) is 0 Å². The Morgan fingerprint density at radius 1 is 1.80 bits per heavy atom. The third kappa shape index (κ3) is 46.4. The summed E-state index contributed by atoms with van der Waals surface area (Å²) in [5.74, 6) is 0. The van der Waals surface area contributed by atoms with E-state index < -0.39 is 7.22 Å². The molecule has 2 nitrogen and oxygen atoms in total. The first kappa shape index (κ1) is 9.36. The molecule has 0 spiro atoms. The normalized spacial score (nSPS) is 8.80. The summed E-state index contributed by atoms with van der Waals surface area (Å²) in [5.41, 5.74) is 5.97. The summed E-state index contributed by atoms with van der Waals surface area (Å²) in [6.07, 6.45) is 0. The van der Waals surface area contributed by atoms with Gasteiger partial charge in [0.15, 0.2) is 0 Å². The van der Waals surface area contributed by atoms with E-state index in [-0.39, 0.29) is 19.5 Å². The van der Waals surface area contributed by atoms with Gasteiger partial charge in [0.05, 0.1) is 0 Å². The third-order valence-electron chi connectivity index (χ3n) is 0. The van der Waals surface area contributed by atoms with E-state index >= 15 is 0 Å². The molecule has 0 aromatic heterocycles. The third-order valence-corrected chi connectivity index (χ3v) is 0.